The van der Waals surface area contributed by atoms with Gasteiger partial charge in [0.2, 0.25) is 17.7 Å². The fourth-order valence-corrected chi connectivity index (χ4v) is 6.68. The number of aryl methyl sites for hydroxylation is 1. The minimum absolute atomic E-state index is 0.0141. The lowest BCUT2D eigenvalue weighted by molar-refractivity contribution is -0.150. The summed E-state index contributed by atoms with van der Waals surface area (Å²) in [5.41, 5.74) is 2.48. The van der Waals surface area contributed by atoms with Gasteiger partial charge >= 0.3 is 0 Å². The number of ether oxygens (including phenoxy) is 1. The topological polar surface area (TPSA) is 103 Å². The van der Waals surface area contributed by atoms with Crippen molar-refractivity contribution in [2.45, 2.75) is 82.1 Å². The van der Waals surface area contributed by atoms with E-state index in [9.17, 15) is 14.4 Å². The Morgan fingerprint density at radius 2 is 1.82 bits per heavy atom. The molecule has 3 fully saturated rings. The molecule has 0 saturated carbocycles. The zero-order valence-electron chi connectivity index (χ0n) is 22.8. The number of fused-ring (bicyclic) bond motifs is 2. The number of amides is 3. The van der Waals surface area contributed by atoms with Crippen molar-refractivity contribution in [1.29, 1.82) is 0 Å². The number of piperazine rings is 1. The van der Waals surface area contributed by atoms with Crippen LogP contribution in [-0.4, -0.2) is 91.6 Å². The third kappa shape index (κ3) is 5.75. The summed E-state index contributed by atoms with van der Waals surface area (Å²) in [5, 5.41) is 9.34. The van der Waals surface area contributed by atoms with E-state index in [1.54, 1.807) is 18.9 Å². The molecule has 9 nitrogen and oxygen atoms in total. The van der Waals surface area contributed by atoms with Gasteiger partial charge in [-0.05, 0) is 82.5 Å². The lowest BCUT2D eigenvalue weighted by Gasteiger charge is -2.45. The fraction of sp³-hybridized carbons (Fsp3) is 0.690. The summed E-state index contributed by atoms with van der Waals surface area (Å²) in [5.74, 6) is -0.438. The summed E-state index contributed by atoms with van der Waals surface area (Å²) in [6.45, 7) is 4.97. The number of nitrogens with one attached hydrogen (secondary N) is 3. The number of nitrogens with zero attached hydrogens (tertiary/aromatic N) is 2. The SMILES string of the molecule is CN[C@@H](C)C(=O)N[C@H](C(=O)N1C[C@H]2CCCN2C[C@H]1C(=O)N[C@@H]1CCCc2ccccc21)C1CCOCC1. The second-order valence-corrected chi connectivity index (χ2v) is 11.4. The van der Waals surface area contributed by atoms with E-state index in [2.05, 4.69) is 39.0 Å². The summed E-state index contributed by atoms with van der Waals surface area (Å²) in [4.78, 5) is 45.3. The van der Waals surface area contributed by atoms with Crippen LogP contribution in [0, 0.1) is 5.92 Å². The predicted octanol–water partition coefficient (Wildman–Crippen LogP) is 1.37. The first-order chi connectivity index (χ1) is 18.5. The maximum absolute atomic E-state index is 14.3. The average molecular weight is 526 g/mol. The van der Waals surface area contributed by atoms with E-state index in [0.717, 1.165) is 38.6 Å². The summed E-state index contributed by atoms with van der Waals surface area (Å²) >= 11 is 0. The first kappa shape index (κ1) is 27.1. The monoisotopic (exact) mass is 525 g/mol. The van der Waals surface area contributed by atoms with E-state index in [1.807, 2.05) is 6.07 Å². The van der Waals surface area contributed by atoms with Crippen molar-refractivity contribution in [2.24, 2.45) is 5.92 Å². The van der Waals surface area contributed by atoms with Crippen LogP contribution in [0.1, 0.15) is 62.6 Å². The van der Waals surface area contributed by atoms with Crippen molar-refractivity contribution >= 4 is 17.7 Å². The molecule has 4 aliphatic rings. The van der Waals surface area contributed by atoms with E-state index in [4.69, 9.17) is 4.74 Å². The summed E-state index contributed by atoms with van der Waals surface area (Å²) in [6.07, 6.45) is 6.50. The molecule has 0 unspecified atom stereocenters. The highest BCUT2D eigenvalue weighted by atomic mass is 16.5. The molecule has 208 valence electrons. The van der Waals surface area contributed by atoms with Crippen LogP contribution in [0.2, 0.25) is 0 Å². The Bertz CT molecular complexity index is 1010. The summed E-state index contributed by atoms with van der Waals surface area (Å²) < 4.78 is 5.56. The van der Waals surface area contributed by atoms with Crippen molar-refractivity contribution < 1.29 is 19.1 Å². The van der Waals surface area contributed by atoms with Crippen molar-refractivity contribution in [3.63, 3.8) is 0 Å². The van der Waals surface area contributed by atoms with Gasteiger partial charge in [0, 0.05) is 32.3 Å². The molecule has 38 heavy (non-hydrogen) atoms. The van der Waals surface area contributed by atoms with Crippen LogP contribution in [0.25, 0.3) is 0 Å². The predicted molar refractivity (Wildman–Crippen MR) is 144 cm³/mol. The van der Waals surface area contributed by atoms with Crippen LogP contribution in [0.5, 0.6) is 0 Å². The molecule has 0 aromatic heterocycles. The molecule has 1 aliphatic carbocycles. The molecule has 1 aromatic carbocycles. The Balaban J connectivity index is 1.38. The molecule has 3 aliphatic heterocycles. The van der Waals surface area contributed by atoms with Gasteiger partial charge in [0.1, 0.15) is 12.1 Å². The first-order valence-corrected chi connectivity index (χ1v) is 14.4. The number of hydrogen-bond donors (Lipinski definition) is 3. The molecule has 5 atom stereocenters. The molecule has 3 amide bonds. The summed E-state index contributed by atoms with van der Waals surface area (Å²) in [6, 6.07) is 6.91. The number of benzene rings is 1. The van der Waals surface area contributed by atoms with Crippen LogP contribution in [0.15, 0.2) is 24.3 Å². The molecule has 0 radical (unpaired) electrons. The largest absolute Gasteiger partial charge is 0.381 e. The van der Waals surface area contributed by atoms with Gasteiger partial charge in [-0.1, -0.05) is 24.3 Å². The van der Waals surface area contributed by atoms with Crippen molar-refractivity contribution in [3.05, 3.63) is 35.4 Å². The minimum Gasteiger partial charge on any atom is -0.381 e. The molecule has 0 spiro atoms. The Kier molecular flexibility index (Phi) is 8.65. The molecule has 0 bridgehead atoms. The van der Waals surface area contributed by atoms with Crippen LogP contribution in [0.4, 0.5) is 0 Å². The zero-order valence-corrected chi connectivity index (χ0v) is 22.8. The molecule has 5 rings (SSSR count). The molecule has 3 heterocycles. The summed E-state index contributed by atoms with van der Waals surface area (Å²) in [7, 11) is 1.73. The van der Waals surface area contributed by atoms with E-state index in [0.29, 0.717) is 39.1 Å². The third-order valence-electron chi connectivity index (χ3n) is 9.09. The van der Waals surface area contributed by atoms with E-state index < -0.39 is 18.1 Å². The normalized spacial score (nSPS) is 27.6. The highest BCUT2D eigenvalue weighted by molar-refractivity contribution is 5.93. The quantitative estimate of drug-likeness (QED) is 0.497. The Labute approximate surface area is 226 Å². The van der Waals surface area contributed by atoms with Gasteiger partial charge in [-0.15, -0.1) is 0 Å². The molecule has 9 heteroatoms. The molecular weight excluding hydrogens is 482 g/mol. The third-order valence-corrected chi connectivity index (χ3v) is 9.09. The van der Waals surface area contributed by atoms with Gasteiger partial charge in [0.25, 0.3) is 0 Å². The number of rotatable bonds is 7. The highest BCUT2D eigenvalue weighted by Gasteiger charge is 2.45. The lowest BCUT2D eigenvalue weighted by atomic mass is 9.87. The van der Waals surface area contributed by atoms with Gasteiger partial charge in [0.05, 0.1) is 12.1 Å². The van der Waals surface area contributed by atoms with Gasteiger partial charge in [0.15, 0.2) is 0 Å². The molecule has 3 saturated heterocycles. The number of carbonyl (C=O) groups is 3. The van der Waals surface area contributed by atoms with E-state index in [1.165, 1.54) is 11.1 Å². The van der Waals surface area contributed by atoms with Gasteiger partial charge in [-0.2, -0.15) is 0 Å². The van der Waals surface area contributed by atoms with Crippen LogP contribution in [0.3, 0.4) is 0 Å². The zero-order chi connectivity index (χ0) is 26.6. The van der Waals surface area contributed by atoms with Gasteiger partial charge < -0.3 is 25.6 Å². The Morgan fingerprint density at radius 1 is 1.03 bits per heavy atom. The molecule has 1 aromatic rings. The van der Waals surface area contributed by atoms with Crippen molar-refractivity contribution in [2.75, 3.05) is 39.9 Å². The van der Waals surface area contributed by atoms with Crippen LogP contribution in [-0.2, 0) is 25.5 Å². The van der Waals surface area contributed by atoms with Gasteiger partial charge in [-0.25, -0.2) is 0 Å². The number of carbonyl (C=O) groups excluding carboxylic acids is 3. The standard InChI is InChI=1S/C29H43N5O4/c1-19(30-2)27(35)32-26(21-12-15-38-16-13-21)29(37)34-17-22-9-6-14-33(22)18-25(34)28(36)31-24-11-5-8-20-7-3-4-10-23(20)24/h3-4,7,10,19,21-22,24-26,30H,5-6,8-9,11-18H2,1-2H3,(H,31,36)(H,32,35)/t19-,22+,24+,25-,26-/m0/s1. The Hall–Kier alpha value is -2.49. The van der Waals surface area contributed by atoms with Crippen LogP contribution >= 0.6 is 0 Å². The maximum atomic E-state index is 14.3. The fourth-order valence-electron chi connectivity index (χ4n) is 6.68. The highest BCUT2D eigenvalue weighted by Crippen LogP contribution is 2.31. The van der Waals surface area contributed by atoms with E-state index >= 15 is 0 Å². The smallest absolute Gasteiger partial charge is 0.246 e. The minimum atomic E-state index is -0.666. The van der Waals surface area contributed by atoms with Crippen molar-refractivity contribution in [1.82, 2.24) is 25.8 Å². The Morgan fingerprint density at radius 3 is 2.61 bits per heavy atom. The van der Waals surface area contributed by atoms with E-state index in [-0.39, 0.29) is 35.7 Å². The lowest BCUT2D eigenvalue weighted by Crippen LogP contribution is -2.66. The van der Waals surface area contributed by atoms with Gasteiger partial charge in [-0.3, -0.25) is 19.3 Å². The molecular formula is C29H43N5O4. The maximum Gasteiger partial charge on any atom is 0.246 e. The first-order valence-electron chi connectivity index (χ1n) is 14.4. The van der Waals surface area contributed by atoms with Crippen molar-refractivity contribution in [3.8, 4) is 0 Å². The number of hydrogen-bond acceptors (Lipinski definition) is 6. The van der Waals surface area contributed by atoms with Crippen LogP contribution < -0.4 is 16.0 Å². The number of likely N-dealkylation sites (N-methyl/N-ethyl adjacent to an activating group) is 1. The second kappa shape index (κ2) is 12.1. The average Bonchev–Trinajstić information content (AvgIpc) is 3.42. The second-order valence-electron chi connectivity index (χ2n) is 11.4. The molecule has 3 N–H and O–H groups in total.